The van der Waals surface area contributed by atoms with Crippen LogP contribution in [0.3, 0.4) is 0 Å². The van der Waals surface area contributed by atoms with E-state index >= 15 is 0 Å². The van der Waals surface area contributed by atoms with Gasteiger partial charge < -0.3 is 131 Å². The minimum absolute atomic E-state index is 0.0107. The van der Waals surface area contributed by atoms with Crippen LogP contribution in [0, 0.1) is 5.92 Å². The molecule has 3 aromatic rings. The number of aliphatic hydroxyl groups excluding tert-OH is 4. The van der Waals surface area contributed by atoms with E-state index in [-0.39, 0.29) is 70.2 Å². The van der Waals surface area contributed by atoms with Crippen LogP contribution in [0.2, 0.25) is 0 Å². The molecule has 2 saturated heterocycles. The number of aromatic amines is 2. The highest BCUT2D eigenvalue weighted by Crippen LogP contribution is 2.23. The fourth-order valence-electron chi connectivity index (χ4n) is 12.2. The van der Waals surface area contributed by atoms with Gasteiger partial charge in [-0.25, -0.2) is 14.8 Å². The Morgan fingerprint density at radius 1 is 0.491 bits per heavy atom. The maximum atomic E-state index is 14.8. The molecule has 1 aromatic carbocycles. The van der Waals surface area contributed by atoms with Crippen molar-refractivity contribution in [3.05, 3.63) is 72.3 Å². The summed E-state index contributed by atoms with van der Waals surface area (Å²) in [6.45, 7) is -0.419. The van der Waals surface area contributed by atoms with Crippen LogP contribution in [0.15, 0.2) is 55.4 Å². The number of unbranched alkanes of at least 4 members (excludes halogenated alkanes) is 1. The highest BCUT2D eigenvalue weighted by molar-refractivity contribution is 6.01. The number of aliphatic carboxylic acids is 3. The number of carboxylic acids is 3. The molecule has 0 aliphatic carbocycles. The van der Waals surface area contributed by atoms with Crippen molar-refractivity contribution in [1.82, 2.24) is 93.5 Å². The third-order valence-electron chi connectivity index (χ3n) is 18.9. The summed E-state index contributed by atoms with van der Waals surface area (Å²) in [6.07, 6.45) is 4.11. The van der Waals surface area contributed by atoms with Crippen LogP contribution < -0.4 is 75.3 Å². The van der Waals surface area contributed by atoms with E-state index in [2.05, 4.69) is 83.7 Å². The monoisotopic (exact) mass is 1610 g/mol. The smallest absolute Gasteiger partial charge is 0.328 e. The summed E-state index contributed by atoms with van der Waals surface area (Å²) >= 11 is 0. The number of aromatic nitrogens is 4. The Hall–Kier alpha value is -11.6. The van der Waals surface area contributed by atoms with Crippen molar-refractivity contribution in [3.8, 4) is 0 Å². The molecule has 2 aliphatic rings. The molecule has 0 bridgehead atoms. The number of likely N-dealkylation sites (tertiary alicyclic amines) is 2. The van der Waals surface area contributed by atoms with Crippen molar-refractivity contribution in [2.45, 2.75) is 202 Å². The predicted octanol–water partition coefficient (Wildman–Crippen LogP) is -9.10. The maximum Gasteiger partial charge on any atom is 0.328 e. The van der Waals surface area contributed by atoms with Crippen LogP contribution in [0.1, 0.15) is 115 Å². The van der Waals surface area contributed by atoms with Gasteiger partial charge in [0.15, 0.2) is 0 Å². The van der Waals surface area contributed by atoms with Crippen LogP contribution in [0.25, 0.3) is 0 Å². The Balaban J connectivity index is 1.24. The van der Waals surface area contributed by atoms with Crippen molar-refractivity contribution >= 4 is 101 Å². The lowest BCUT2D eigenvalue weighted by Gasteiger charge is -2.30. The van der Waals surface area contributed by atoms with Crippen molar-refractivity contribution in [3.63, 3.8) is 0 Å². The lowest BCUT2D eigenvalue weighted by atomic mass is 9.98. The van der Waals surface area contributed by atoms with Gasteiger partial charge >= 0.3 is 17.9 Å². The van der Waals surface area contributed by atoms with Crippen molar-refractivity contribution in [2.75, 3.05) is 52.6 Å². The van der Waals surface area contributed by atoms with Gasteiger partial charge in [-0.1, -0.05) is 57.0 Å². The van der Waals surface area contributed by atoms with Crippen LogP contribution in [-0.2, 0) is 101 Å². The number of carbonyl (C=O) groups excluding carboxylic acids is 14. The predicted molar refractivity (Wildman–Crippen MR) is 394 cm³/mol. The van der Waals surface area contributed by atoms with E-state index in [0.29, 0.717) is 37.1 Å². The molecule has 14 amide bonds. The Kier molecular flexibility index (Phi) is 38.4. The molecule has 628 valence electrons. The van der Waals surface area contributed by atoms with Gasteiger partial charge in [0.2, 0.25) is 82.7 Å². The number of aliphatic hydroxyl groups is 4. The number of nitrogens with one attached hydrogen (secondary N) is 14. The van der Waals surface area contributed by atoms with Crippen LogP contribution in [-0.4, -0.2) is 303 Å². The van der Waals surface area contributed by atoms with E-state index in [4.69, 9.17) is 11.5 Å². The molecule has 0 spiro atoms. The molecule has 0 radical (unpaired) electrons. The van der Waals surface area contributed by atoms with Crippen LogP contribution >= 0.6 is 0 Å². The minimum Gasteiger partial charge on any atom is -0.481 e. The fourth-order valence-corrected chi connectivity index (χ4v) is 12.2. The average molecular weight is 1610 g/mol. The van der Waals surface area contributed by atoms with E-state index in [1.165, 1.54) is 32.0 Å². The van der Waals surface area contributed by atoms with Crippen molar-refractivity contribution in [1.29, 1.82) is 0 Å². The number of hydrogen-bond acceptors (Lipinski definition) is 25. The molecular formula is C70H104N20O24. The summed E-state index contributed by atoms with van der Waals surface area (Å²) < 4.78 is 0. The second-order valence-corrected chi connectivity index (χ2v) is 27.4. The van der Waals surface area contributed by atoms with Gasteiger partial charge in [0.25, 0.3) is 0 Å². The molecule has 25 N–H and O–H groups in total. The highest BCUT2D eigenvalue weighted by atomic mass is 16.4. The summed E-state index contributed by atoms with van der Waals surface area (Å²) in [7, 11) is 0. The lowest BCUT2D eigenvalue weighted by Crippen LogP contribution is -2.62. The normalized spacial score (nSPS) is 17.2. The third-order valence-corrected chi connectivity index (χ3v) is 18.9. The van der Waals surface area contributed by atoms with Gasteiger partial charge in [0.05, 0.1) is 51.7 Å². The first-order chi connectivity index (χ1) is 54.3. The van der Waals surface area contributed by atoms with E-state index in [9.17, 15) is 117 Å². The number of H-pyrrole nitrogens is 2. The molecular weight excluding hydrogens is 1500 g/mol. The molecule has 44 heteroatoms. The van der Waals surface area contributed by atoms with E-state index in [1.54, 1.807) is 44.2 Å². The van der Waals surface area contributed by atoms with E-state index < -0.39 is 250 Å². The third kappa shape index (κ3) is 29.2. The number of nitrogens with zero attached hydrogens (tertiary/aromatic N) is 4. The SMILES string of the molecule is CC[C@H](C)[C@H](NC(=O)CNC(=O)[C@@H]1CCCN1C(=O)[C@H](Cc1cnc[nH]1)NC(=O)[C@H](Cc1cnc[nH]1)NC(=O)[C@H](CO)NC(=O)[C@H](CO)NC(=O)[C@H](CO)NC(=O)[C@H](CCC(=O)O)NC(=O)[C@@H](N)CCCCN)C(=O)N[C@@H](C)C(=O)N[C@@H](CCC(=O)O)C(=O)N[C@@H](Cc1ccccc1)C(=O)N1CCC[C@H]1C(=O)N[C@@H](CO)C(=O)O. The summed E-state index contributed by atoms with van der Waals surface area (Å²) in [5, 5.41) is 97.1. The molecule has 0 saturated carbocycles. The standard InChI is InChI=1S/C70H104N20O24/c1-4-36(2)56(67(110)78-37(3)57(100)79-42(17-19-54(96)97)59(102)82-45(24-38-12-6-5-7-13-38)68(111)90-23-11-16-52(90)66(109)87-50(33-94)70(113)114)88-53(95)29-75-65(108)51-15-10-22-89(51)69(112)46(26-40-28-74-35-77-40)83-61(104)44(25-39-27-73-34-76-39)81-62(105)47(30-91)85-64(107)49(32-93)86-63(106)48(31-92)84-60(103)43(18-20-55(98)99)80-58(101)41(72)14-8-9-21-71/h5-7,12-13,27-28,34-37,41-52,56,91-94H,4,8-11,14-26,29-33,71-72H2,1-3H3,(H,73,76)(H,74,77)(H,75,108)(H,78,110)(H,79,100)(H,80,101)(H,81,105)(H,82,102)(H,83,104)(H,84,103)(H,85,107)(H,86,106)(H,87,109)(H,88,95)(H,96,97)(H,98,99)(H,113,114)/t36-,37-,41-,42-,43-,44-,45-,46-,47-,48-,49-,50-,51-,52-,56-/m0/s1. The number of benzene rings is 1. The summed E-state index contributed by atoms with van der Waals surface area (Å²) in [4.78, 5) is 245. The van der Waals surface area contributed by atoms with Gasteiger partial charge in [-0.05, 0) is 76.3 Å². The number of carboxylic acid groups (broad SMARTS) is 3. The Labute approximate surface area is 653 Å². The zero-order valence-electron chi connectivity index (χ0n) is 63.1. The molecule has 2 aliphatic heterocycles. The first kappa shape index (κ1) is 93.0. The number of rotatable bonds is 49. The van der Waals surface area contributed by atoms with Crippen LogP contribution in [0.4, 0.5) is 0 Å². The average Bonchev–Trinajstić information content (AvgIpc) is 1.62. The molecule has 2 aromatic heterocycles. The molecule has 114 heavy (non-hydrogen) atoms. The van der Waals surface area contributed by atoms with Crippen molar-refractivity contribution in [2.24, 2.45) is 17.4 Å². The summed E-state index contributed by atoms with van der Waals surface area (Å²) in [5.41, 5.74) is 12.5. The lowest BCUT2D eigenvalue weighted by molar-refractivity contribution is -0.146. The van der Waals surface area contributed by atoms with Gasteiger partial charge in [0, 0.05) is 69.0 Å². The zero-order chi connectivity index (χ0) is 84.3. The first-order valence-corrected chi connectivity index (χ1v) is 37.0. The molecule has 4 heterocycles. The minimum atomic E-state index is -1.96. The molecule has 5 rings (SSSR count). The van der Waals surface area contributed by atoms with Gasteiger partial charge in [-0.3, -0.25) is 76.7 Å². The first-order valence-electron chi connectivity index (χ1n) is 37.0. The Morgan fingerprint density at radius 2 is 0.921 bits per heavy atom. The Morgan fingerprint density at radius 3 is 1.37 bits per heavy atom. The number of amides is 14. The second kappa shape index (κ2) is 47.0. The van der Waals surface area contributed by atoms with Crippen molar-refractivity contribution < 1.29 is 117 Å². The highest BCUT2D eigenvalue weighted by Gasteiger charge is 2.43. The van der Waals surface area contributed by atoms with E-state index in [0.717, 1.165) is 9.80 Å². The number of carbonyl (C=O) groups is 17. The molecule has 2 fully saturated rings. The number of imidazole rings is 2. The molecule has 15 atom stereocenters. The quantitative estimate of drug-likeness (QED) is 0.0233. The maximum absolute atomic E-state index is 14.8. The molecule has 44 nitrogen and oxygen atoms in total. The van der Waals surface area contributed by atoms with E-state index in [1.807, 2.05) is 0 Å². The fraction of sp³-hybridized carbons (Fsp3) is 0.586. The summed E-state index contributed by atoms with van der Waals surface area (Å²) in [5.74, 6) is -18.9. The largest absolute Gasteiger partial charge is 0.481 e. The number of nitrogens with two attached hydrogens (primary N) is 2. The summed E-state index contributed by atoms with van der Waals surface area (Å²) in [6, 6.07) is -13.5. The number of hydrogen-bond donors (Lipinski definition) is 23. The topological polar surface area (TPSA) is 692 Å². The van der Waals surface area contributed by atoms with Crippen LogP contribution in [0.5, 0.6) is 0 Å². The molecule has 0 unspecified atom stereocenters. The zero-order valence-corrected chi connectivity index (χ0v) is 63.1. The van der Waals surface area contributed by atoms with Gasteiger partial charge in [-0.2, -0.15) is 0 Å². The van der Waals surface area contributed by atoms with Gasteiger partial charge in [0.1, 0.15) is 78.5 Å². The Bertz CT molecular complexity index is 3780. The van der Waals surface area contributed by atoms with Gasteiger partial charge in [-0.15, -0.1) is 0 Å². The second-order valence-electron chi connectivity index (χ2n) is 27.4.